The van der Waals surface area contributed by atoms with E-state index in [9.17, 15) is 14.0 Å². The van der Waals surface area contributed by atoms with Gasteiger partial charge in [-0.15, -0.1) is 11.8 Å². The Morgan fingerprint density at radius 3 is 2.41 bits per heavy atom. The van der Waals surface area contributed by atoms with E-state index in [2.05, 4.69) is 0 Å². The molecule has 0 unspecified atom stereocenters. The van der Waals surface area contributed by atoms with Crippen LogP contribution in [0.1, 0.15) is 16.6 Å². The molecule has 0 aliphatic carbocycles. The highest BCUT2D eigenvalue weighted by Gasteiger charge is 2.39. The number of rotatable bonds is 3. The molecule has 0 bridgehead atoms. The summed E-state index contributed by atoms with van der Waals surface area (Å²) in [4.78, 5) is 27.4. The van der Waals surface area contributed by atoms with E-state index in [1.807, 2.05) is 30.3 Å². The standard InChI is InChI=1S/C20H18FN3O2S/c1-13-18(19(26)24(22(13)2)14-8-4-3-5-9-14)23-17(25)12-27-20(23)15-10-6-7-11-16(15)21/h3-11,20H,12H2,1-2H3/t20-/m0/s1. The maximum Gasteiger partial charge on any atom is 0.295 e. The first kappa shape index (κ1) is 17.6. The Labute approximate surface area is 160 Å². The summed E-state index contributed by atoms with van der Waals surface area (Å²) in [5, 5.41) is -0.559. The highest BCUT2D eigenvalue weighted by molar-refractivity contribution is 8.00. The Hall–Kier alpha value is -2.80. The van der Waals surface area contributed by atoms with Crippen LogP contribution in [0.4, 0.5) is 10.1 Å². The molecule has 0 saturated carbocycles. The number of hydrogen-bond acceptors (Lipinski definition) is 3. The average molecular weight is 383 g/mol. The monoisotopic (exact) mass is 383 g/mol. The summed E-state index contributed by atoms with van der Waals surface area (Å²) in [6.45, 7) is 1.80. The van der Waals surface area contributed by atoms with Crippen LogP contribution in [-0.2, 0) is 11.8 Å². The molecule has 138 valence electrons. The van der Waals surface area contributed by atoms with Gasteiger partial charge in [-0.05, 0) is 25.1 Å². The summed E-state index contributed by atoms with van der Waals surface area (Å²) in [5.41, 5.74) is 1.77. The number of anilines is 1. The van der Waals surface area contributed by atoms with E-state index in [0.29, 0.717) is 22.6 Å². The SMILES string of the molecule is Cc1c(N2C(=O)CS[C@H]2c2ccccc2F)c(=O)n(-c2ccccc2)n1C. The summed E-state index contributed by atoms with van der Waals surface area (Å²) < 4.78 is 17.6. The summed E-state index contributed by atoms with van der Waals surface area (Å²) >= 11 is 1.33. The molecule has 4 rings (SSSR count). The molecule has 1 aliphatic heterocycles. The van der Waals surface area contributed by atoms with Crippen LogP contribution in [0, 0.1) is 12.7 Å². The zero-order valence-electron chi connectivity index (χ0n) is 14.9. The second-order valence-electron chi connectivity index (χ2n) is 6.36. The molecule has 0 N–H and O–H groups in total. The number of halogens is 1. The van der Waals surface area contributed by atoms with Crippen molar-refractivity contribution in [3.05, 3.63) is 82.0 Å². The Bertz CT molecular complexity index is 1070. The molecule has 7 heteroatoms. The zero-order valence-corrected chi connectivity index (χ0v) is 15.7. The first-order valence-electron chi connectivity index (χ1n) is 8.53. The normalized spacial score (nSPS) is 16.9. The van der Waals surface area contributed by atoms with E-state index in [0.717, 1.165) is 0 Å². The number of amides is 1. The van der Waals surface area contributed by atoms with Crippen molar-refractivity contribution in [1.82, 2.24) is 9.36 Å². The third kappa shape index (κ3) is 2.78. The van der Waals surface area contributed by atoms with Crippen molar-refractivity contribution < 1.29 is 9.18 Å². The maximum absolute atomic E-state index is 14.4. The van der Waals surface area contributed by atoms with Crippen molar-refractivity contribution in [2.75, 3.05) is 10.7 Å². The van der Waals surface area contributed by atoms with Gasteiger partial charge in [0.1, 0.15) is 16.9 Å². The molecular formula is C20H18FN3O2S. The lowest BCUT2D eigenvalue weighted by Crippen LogP contribution is -2.33. The molecule has 2 aromatic carbocycles. The van der Waals surface area contributed by atoms with Gasteiger partial charge in [-0.25, -0.2) is 9.07 Å². The Morgan fingerprint density at radius 1 is 1.04 bits per heavy atom. The van der Waals surface area contributed by atoms with Gasteiger partial charge < -0.3 is 0 Å². The number of benzene rings is 2. The van der Waals surface area contributed by atoms with Gasteiger partial charge in [-0.3, -0.25) is 19.2 Å². The van der Waals surface area contributed by atoms with Crippen molar-refractivity contribution in [2.24, 2.45) is 7.05 Å². The van der Waals surface area contributed by atoms with Gasteiger partial charge in [-0.2, -0.15) is 0 Å². The fourth-order valence-corrected chi connectivity index (χ4v) is 4.59. The smallest absolute Gasteiger partial charge is 0.288 e. The van der Waals surface area contributed by atoms with Gasteiger partial charge in [-0.1, -0.05) is 36.4 Å². The third-order valence-electron chi connectivity index (χ3n) is 4.80. The molecule has 3 aromatic rings. The third-order valence-corrected chi connectivity index (χ3v) is 6.00. The van der Waals surface area contributed by atoms with Crippen molar-refractivity contribution in [3.63, 3.8) is 0 Å². The molecule has 0 spiro atoms. The van der Waals surface area contributed by atoms with Crippen LogP contribution in [0.2, 0.25) is 0 Å². The number of hydrogen-bond donors (Lipinski definition) is 0. The summed E-state index contributed by atoms with van der Waals surface area (Å²) in [5.74, 6) is -0.371. The Kier molecular flexibility index (Phi) is 4.39. The number of para-hydroxylation sites is 1. The molecule has 1 saturated heterocycles. The van der Waals surface area contributed by atoms with Gasteiger partial charge in [0.25, 0.3) is 5.56 Å². The van der Waals surface area contributed by atoms with Crippen molar-refractivity contribution in [1.29, 1.82) is 0 Å². The predicted octanol–water partition coefficient (Wildman–Crippen LogP) is 3.40. The molecule has 1 aromatic heterocycles. The molecule has 0 radical (unpaired) electrons. The lowest BCUT2D eigenvalue weighted by molar-refractivity contribution is -0.115. The largest absolute Gasteiger partial charge is 0.295 e. The molecule has 5 nitrogen and oxygen atoms in total. The fraction of sp³-hybridized carbons (Fsp3) is 0.200. The topological polar surface area (TPSA) is 47.2 Å². The second-order valence-corrected chi connectivity index (χ2v) is 7.43. The molecule has 1 atom stereocenters. The van der Waals surface area contributed by atoms with Crippen LogP contribution in [-0.4, -0.2) is 21.0 Å². The van der Waals surface area contributed by atoms with Crippen molar-refractivity contribution in [3.8, 4) is 5.69 Å². The summed E-state index contributed by atoms with van der Waals surface area (Å²) in [6, 6.07) is 15.6. The number of nitrogens with zero attached hydrogens (tertiary/aromatic N) is 3. The highest BCUT2D eigenvalue weighted by Crippen LogP contribution is 2.42. The van der Waals surface area contributed by atoms with Crippen molar-refractivity contribution >= 4 is 23.4 Å². The van der Waals surface area contributed by atoms with E-state index in [1.165, 1.54) is 27.4 Å². The van der Waals surface area contributed by atoms with E-state index < -0.39 is 5.37 Å². The van der Waals surface area contributed by atoms with Crippen LogP contribution >= 0.6 is 11.8 Å². The minimum Gasteiger partial charge on any atom is -0.288 e. The lowest BCUT2D eigenvalue weighted by atomic mass is 10.2. The predicted molar refractivity (Wildman–Crippen MR) is 105 cm³/mol. The minimum absolute atomic E-state index is 0.195. The number of thioether (sulfide) groups is 1. The molecule has 27 heavy (non-hydrogen) atoms. The van der Waals surface area contributed by atoms with Gasteiger partial charge >= 0.3 is 0 Å². The van der Waals surface area contributed by atoms with Crippen LogP contribution in [0.15, 0.2) is 59.4 Å². The number of carbonyl (C=O) groups excluding carboxylic acids is 1. The highest BCUT2D eigenvalue weighted by atomic mass is 32.2. The van der Waals surface area contributed by atoms with E-state index in [4.69, 9.17) is 0 Å². The Balaban J connectivity index is 1.89. The minimum atomic E-state index is -0.559. The maximum atomic E-state index is 14.4. The molecule has 1 amide bonds. The first-order valence-corrected chi connectivity index (χ1v) is 9.57. The van der Waals surface area contributed by atoms with Crippen LogP contribution in [0.5, 0.6) is 0 Å². The number of aromatic nitrogens is 2. The summed E-state index contributed by atoms with van der Waals surface area (Å²) in [6.07, 6.45) is 0. The fourth-order valence-electron chi connectivity index (χ4n) is 3.40. The van der Waals surface area contributed by atoms with E-state index in [1.54, 1.807) is 36.9 Å². The summed E-state index contributed by atoms with van der Waals surface area (Å²) in [7, 11) is 1.78. The molecule has 2 heterocycles. The molecule has 1 fully saturated rings. The number of carbonyl (C=O) groups is 1. The van der Waals surface area contributed by atoms with Gasteiger partial charge in [0.15, 0.2) is 0 Å². The van der Waals surface area contributed by atoms with E-state index >= 15 is 0 Å². The average Bonchev–Trinajstić information content (AvgIpc) is 3.14. The first-order chi connectivity index (χ1) is 13.0. The lowest BCUT2D eigenvalue weighted by Gasteiger charge is -2.23. The van der Waals surface area contributed by atoms with E-state index in [-0.39, 0.29) is 23.0 Å². The zero-order chi connectivity index (χ0) is 19.1. The molecule has 1 aliphatic rings. The quantitative estimate of drug-likeness (QED) is 0.696. The van der Waals surface area contributed by atoms with Crippen molar-refractivity contribution in [2.45, 2.75) is 12.3 Å². The Morgan fingerprint density at radius 2 is 1.70 bits per heavy atom. The van der Waals surface area contributed by atoms with Crippen LogP contribution in [0.25, 0.3) is 5.69 Å². The van der Waals surface area contributed by atoms with Crippen LogP contribution < -0.4 is 10.5 Å². The van der Waals surface area contributed by atoms with Gasteiger partial charge in [0, 0.05) is 12.6 Å². The second kappa shape index (κ2) is 6.74. The van der Waals surface area contributed by atoms with Gasteiger partial charge in [0.05, 0.1) is 17.1 Å². The molecular weight excluding hydrogens is 365 g/mol. The van der Waals surface area contributed by atoms with Crippen LogP contribution in [0.3, 0.4) is 0 Å². The van der Waals surface area contributed by atoms with Gasteiger partial charge in [0.2, 0.25) is 5.91 Å².